The van der Waals surface area contributed by atoms with Gasteiger partial charge < -0.3 is 10.2 Å². The lowest BCUT2D eigenvalue weighted by Crippen LogP contribution is -2.37. The third-order valence-electron chi connectivity index (χ3n) is 4.36. The maximum atomic E-state index is 12.5. The van der Waals surface area contributed by atoms with Crippen LogP contribution < -0.4 is 5.32 Å². The van der Waals surface area contributed by atoms with E-state index in [-0.39, 0.29) is 5.91 Å². The van der Waals surface area contributed by atoms with Crippen LogP contribution in [0.25, 0.3) is 0 Å². The molecule has 1 aromatic heterocycles. The smallest absolute Gasteiger partial charge is 0.263 e. The number of amides is 1. The zero-order chi connectivity index (χ0) is 13.2. The van der Waals surface area contributed by atoms with Crippen LogP contribution in [0.1, 0.15) is 45.8 Å². The summed E-state index contributed by atoms with van der Waals surface area (Å²) >= 11 is 1.73. The molecule has 1 aliphatic carbocycles. The summed E-state index contributed by atoms with van der Waals surface area (Å²) in [6.45, 7) is 1.97. The maximum Gasteiger partial charge on any atom is 0.263 e. The fourth-order valence-electron chi connectivity index (χ4n) is 3.08. The molecule has 0 spiro atoms. The molecule has 3 rings (SSSR count). The Kier molecular flexibility index (Phi) is 3.89. The molecule has 19 heavy (non-hydrogen) atoms. The molecule has 2 heterocycles. The fourth-order valence-corrected chi connectivity index (χ4v) is 4.32. The first kappa shape index (κ1) is 13.1. The van der Waals surface area contributed by atoms with E-state index in [0.29, 0.717) is 6.04 Å². The summed E-state index contributed by atoms with van der Waals surface area (Å²) in [4.78, 5) is 16.9. The van der Waals surface area contributed by atoms with Gasteiger partial charge in [0.15, 0.2) is 0 Å². The number of carbonyl (C=O) groups is 1. The van der Waals surface area contributed by atoms with Crippen LogP contribution in [-0.4, -0.2) is 37.0 Å². The molecule has 2 aliphatic rings. The largest absolute Gasteiger partial charge is 0.337 e. The molecule has 0 saturated carbocycles. The van der Waals surface area contributed by atoms with Gasteiger partial charge in [-0.25, -0.2) is 0 Å². The van der Waals surface area contributed by atoms with Crippen LogP contribution in [0.2, 0.25) is 0 Å². The highest BCUT2D eigenvalue weighted by atomic mass is 32.1. The van der Waals surface area contributed by atoms with Crippen LogP contribution in [0.5, 0.6) is 0 Å². The minimum absolute atomic E-state index is 0.215. The number of thiophene rings is 1. The second kappa shape index (κ2) is 5.63. The van der Waals surface area contributed by atoms with Crippen molar-refractivity contribution in [3.63, 3.8) is 0 Å². The SMILES string of the molecule is CN(C(=O)c1cc2c(s1)CCCCC2)C1CCNC1. The fraction of sp³-hybridized carbons (Fsp3) is 0.667. The number of rotatable bonds is 2. The van der Waals surface area contributed by atoms with Crippen LogP contribution in [0.3, 0.4) is 0 Å². The molecular formula is C15H22N2OS. The second-order valence-electron chi connectivity index (χ2n) is 5.68. The van der Waals surface area contributed by atoms with Gasteiger partial charge in [0.1, 0.15) is 0 Å². The highest BCUT2D eigenvalue weighted by Crippen LogP contribution is 2.30. The molecule has 1 saturated heterocycles. The van der Waals surface area contributed by atoms with Crippen molar-refractivity contribution >= 4 is 17.2 Å². The third-order valence-corrected chi connectivity index (χ3v) is 5.58. The number of nitrogens with zero attached hydrogens (tertiary/aromatic N) is 1. The minimum atomic E-state index is 0.215. The Balaban J connectivity index is 1.76. The van der Waals surface area contributed by atoms with Crippen LogP contribution in [-0.2, 0) is 12.8 Å². The van der Waals surface area contributed by atoms with Crippen molar-refractivity contribution in [1.82, 2.24) is 10.2 Å². The maximum absolute atomic E-state index is 12.5. The number of carbonyl (C=O) groups excluding carboxylic acids is 1. The van der Waals surface area contributed by atoms with Crippen LogP contribution in [0.4, 0.5) is 0 Å². The molecule has 1 atom stereocenters. The quantitative estimate of drug-likeness (QED) is 0.843. The highest BCUT2D eigenvalue weighted by molar-refractivity contribution is 7.14. The summed E-state index contributed by atoms with van der Waals surface area (Å²) in [5.41, 5.74) is 1.43. The lowest BCUT2D eigenvalue weighted by molar-refractivity contribution is 0.0748. The topological polar surface area (TPSA) is 32.3 Å². The van der Waals surface area contributed by atoms with E-state index in [0.717, 1.165) is 30.8 Å². The monoisotopic (exact) mass is 278 g/mol. The van der Waals surface area contributed by atoms with Gasteiger partial charge in [-0.2, -0.15) is 0 Å². The van der Waals surface area contributed by atoms with E-state index in [9.17, 15) is 4.79 Å². The summed E-state index contributed by atoms with van der Waals surface area (Å²) < 4.78 is 0. The van der Waals surface area contributed by atoms with Crippen molar-refractivity contribution in [2.45, 2.75) is 44.6 Å². The van der Waals surface area contributed by atoms with E-state index >= 15 is 0 Å². The van der Waals surface area contributed by atoms with Gasteiger partial charge in [-0.05, 0) is 50.3 Å². The van der Waals surface area contributed by atoms with E-state index in [1.54, 1.807) is 11.3 Å². The molecule has 1 aromatic rings. The summed E-state index contributed by atoms with van der Waals surface area (Å²) in [5, 5.41) is 3.33. The molecule has 1 amide bonds. The summed E-state index contributed by atoms with van der Waals surface area (Å²) in [6, 6.07) is 2.53. The van der Waals surface area contributed by atoms with Crippen molar-refractivity contribution in [1.29, 1.82) is 0 Å². The normalized spacial score (nSPS) is 22.9. The van der Waals surface area contributed by atoms with Crippen molar-refractivity contribution in [3.05, 3.63) is 21.4 Å². The lowest BCUT2D eigenvalue weighted by Gasteiger charge is -2.23. The summed E-state index contributed by atoms with van der Waals surface area (Å²) in [7, 11) is 1.95. The van der Waals surface area contributed by atoms with E-state index in [1.165, 1.54) is 36.1 Å². The van der Waals surface area contributed by atoms with Gasteiger partial charge in [-0.15, -0.1) is 11.3 Å². The third kappa shape index (κ3) is 2.70. The molecule has 0 aromatic carbocycles. The number of nitrogens with one attached hydrogen (secondary N) is 1. The Labute approximate surface area is 119 Å². The van der Waals surface area contributed by atoms with Crippen molar-refractivity contribution in [2.24, 2.45) is 0 Å². The van der Waals surface area contributed by atoms with Gasteiger partial charge in [-0.1, -0.05) is 6.42 Å². The predicted octanol–water partition coefficient (Wildman–Crippen LogP) is 2.45. The van der Waals surface area contributed by atoms with E-state index < -0.39 is 0 Å². The Morgan fingerprint density at radius 3 is 3.00 bits per heavy atom. The zero-order valence-corrected chi connectivity index (χ0v) is 12.4. The van der Waals surface area contributed by atoms with Crippen molar-refractivity contribution < 1.29 is 4.79 Å². The van der Waals surface area contributed by atoms with E-state index in [4.69, 9.17) is 0 Å². The Morgan fingerprint density at radius 2 is 2.21 bits per heavy atom. The molecule has 1 unspecified atom stereocenters. The molecule has 1 aliphatic heterocycles. The van der Waals surface area contributed by atoms with Gasteiger partial charge in [0, 0.05) is 24.5 Å². The minimum Gasteiger partial charge on any atom is -0.337 e. The van der Waals surface area contributed by atoms with E-state index in [1.807, 2.05) is 11.9 Å². The molecule has 1 fully saturated rings. The first-order chi connectivity index (χ1) is 9.25. The Hall–Kier alpha value is -0.870. The highest BCUT2D eigenvalue weighted by Gasteiger charge is 2.26. The Morgan fingerprint density at radius 1 is 1.37 bits per heavy atom. The lowest BCUT2D eigenvalue weighted by atomic mass is 10.1. The van der Waals surface area contributed by atoms with Gasteiger partial charge >= 0.3 is 0 Å². The van der Waals surface area contributed by atoms with Gasteiger partial charge in [0.25, 0.3) is 5.91 Å². The van der Waals surface area contributed by atoms with Gasteiger partial charge in [0.05, 0.1) is 4.88 Å². The van der Waals surface area contributed by atoms with Crippen LogP contribution in [0, 0.1) is 0 Å². The molecular weight excluding hydrogens is 256 g/mol. The molecule has 0 radical (unpaired) electrons. The standard InChI is InChI=1S/C15H22N2OS/c1-17(12-7-8-16-10-12)15(18)14-9-11-5-3-2-4-6-13(11)19-14/h9,12,16H,2-8,10H2,1H3. The van der Waals surface area contributed by atoms with Crippen molar-refractivity contribution in [3.8, 4) is 0 Å². The Bertz CT molecular complexity index is 439. The van der Waals surface area contributed by atoms with Crippen molar-refractivity contribution in [2.75, 3.05) is 20.1 Å². The number of likely N-dealkylation sites (N-methyl/N-ethyl adjacent to an activating group) is 1. The van der Waals surface area contributed by atoms with E-state index in [2.05, 4.69) is 11.4 Å². The molecule has 0 bridgehead atoms. The zero-order valence-electron chi connectivity index (χ0n) is 11.6. The predicted molar refractivity (Wildman–Crippen MR) is 78.9 cm³/mol. The first-order valence-electron chi connectivity index (χ1n) is 7.35. The summed E-state index contributed by atoms with van der Waals surface area (Å²) in [5.74, 6) is 0.215. The molecule has 4 heteroatoms. The molecule has 3 nitrogen and oxygen atoms in total. The van der Waals surface area contributed by atoms with Crippen LogP contribution >= 0.6 is 11.3 Å². The van der Waals surface area contributed by atoms with Gasteiger partial charge in [0.2, 0.25) is 0 Å². The average molecular weight is 278 g/mol. The number of aryl methyl sites for hydroxylation is 2. The average Bonchev–Trinajstić information content (AvgIpc) is 3.03. The van der Waals surface area contributed by atoms with Gasteiger partial charge in [-0.3, -0.25) is 4.79 Å². The number of hydrogen-bond donors (Lipinski definition) is 1. The molecule has 1 N–H and O–H groups in total. The molecule has 104 valence electrons. The number of fused-ring (bicyclic) bond motifs is 1. The second-order valence-corrected chi connectivity index (χ2v) is 6.82. The summed E-state index contributed by atoms with van der Waals surface area (Å²) in [6.07, 6.45) is 7.30. The number of hydrogen-bond acceptors (Lipinski definition) is 3. The van der Waals surface area contributed by atoms with Crippen LogP contribution in [0.15, 0.2) is 6.07 Å². The first-order valence-corrected chi connectivity index (χ1v) is 8.17.